The summed E-state index contributed by atoms with van der Waals surface area (Å²) in [4.78, 5) is 0. The van der Waals surface area contributed by atoms with Crippen molar-refractivity contribution in [2.45, 2.75) is 32.4 Å². The molecule has 0 amide bonds. The van der Waals surface area contributed by atoms with E-state index in [0.717, 1.165) is 17.9 Å². The predicted octanol–water partition coefficient (Wildman–Crippen LogP) is 3.22. The number of aryl methyl sites for hydroxylation is 1. The SMILES string of the molecule is CNC(c1ccc2c(c1)CC(C)O2)c1ccoc1C. The average molecular weight is 257 g/mol. The van der Waals surface area contributed by atoms with Crippen LogP contribution >= 0.6 is 0 Å². The lowest BCUT2D eigenvalue weighted by Crippen LogP contribution is -2.18. The van der Waals surface area contributed by atoms with Gasteiger partial charge in [-0.1, -0.05) is 12.1 Å². The third kappa shape index (κ3) is 2.15. The fourth-order valence-corrected chi connectivity index (χ4v) is 2.82. The molecule has 1 aromatic carbocycles. The van der Waals surface area contributed by atoms with Crippen LogP contribution in [-0.2, 0) is 6.42 Å². The van der Waals surface area contributed by atoms with Gasteiger partial charge in [-0.2, -0.15) is 0 Å². The minimum absolute atomic E-state index is 0.167. The Labute approximate surface area is 113 Å². The summed E-state index contributed by atoms with van der Waals surface area (Å²) in [5, 5.41) is 3.36. The van der Waals surface area contributed by atoms with Gasteiger partial charge in [0.2, 0.25) is 0 Å². The molecule has 100 valence electrons. The van der Waals surface area contributed by atoms with Gasteiger partial charge in [0.05, 0.1) is 12.3 Å². The van der Waals surface area contributed by atoms with Crippen molar-refractivity contribution in [1.29, 1.82) is 0 Å². The molecule has 0 saturated carbocycles. The minimum Gasteiger partial charge on any atom is -0.490 e. The van der Waals surface area contributed by atoms with E-state index in [1.54, 1.807) is 6.26 Å². The Kier molecular flexibility index (Phi) is 3.07. The number of nitrogens with one attached hydrogen (secondary N) is 1. The molecule has 0 spiro atoms. The summed E-state index contributed by atoms with van der Waals surface area (Å²) in [7, 11) is 1.98. The maximum atomic E-state index is 5.75. The summed E-state index contributed by atoms with van der Waals surface area (Å²) in [5.41, 5.74) is 3.74. The Morgan fingerprint density at radius 3 is 2.84 bits per heavy atom. The molecule has 1 aliphatic heterocycles. The Morgan fingerprint density at radius 2 is 2.16 bits per heavy atom. The van der Waals surface area contributed by atoms with Crippen molar-refractivity contribution in [1.82, 2.24) is 5.32 Å². The van der Waals surface area contributed by atoms with E-state index in [-0.39, 0.29) is 12.1 Å². The van der Waals surface area contributed by atoms with Crippen molar-refractivity contribution in [2.75, 3.05) is 7.05 Å². The highest BCUT2D eigenvalue weighted by Crippen LogP contribution is 2.33. The first kappa shape index (κ1) is 12.3. The third-order valence-electron chi connectivity index (χ3n) is 3.75. The topological polar surface area (TPSA) is 34.4 Å². The first-order valence-electron chi connectivity index (χ1n) is 6.69. The predicted molar refractivity (Wildman–Crippen MR) is 74.6 cm³/mol. The molecule has 3 nitrogen and oxygen atoms in total. The molecule has 3 rings (SSSR count). The molecule has 3 heteroatoms. The van der Waals surface area contributed by atoms with Gasteiger partial charge >= 0.3 is 0 Å². The van der Waals surface area contributed by atoms with E-state index < -0.39 is 0 Å². The van der Waals surface area contributed by atoms with E-state index in [1.165, 1.54) is 16.7 Å². The summed E-state index contributed by atoms with van der Waals surface area (Å²) in [5.74, 6) is 1.99. The Hall–Kier alpha value is -1.74. The zero-order valence-electron chi connectivity index (χ0n) is 11.6. The van der Waals surface area contributed by atoms with Gasteiger partial charge in [-0.25, -0.2) is 0 Å². The van der Waals surface area contributed by atoms with Crippen molar-refractivity contribution in [3.8, 4) is 5.75 Å². The zero-order chi connectivity index (χ0) is 13.4. The van der Waals surface area contributed by atoms with E-state index in [2.05, 4.69) is 30.4 Å². The number of furan rings is 1. The first-order valence-corrected chi connectivity index (χ1v) is 6.69. The first-order chi connectivity index (χ1) is 9.19. The van der Waals surface area contributed by atoms with Crippen LogP contribution in [0.5, 0.6) is 5.75 Å². The second-order valence-corrected chi connectivity index (χ2v) is 5.15. The molecule has 2 heterocycles. The van der Waals surface area contributed by atoms with Crippen LogP contribution in [0, 0.1) is 6.92 Å². The van der Waals surface area contributed by atoms with E-state index in [4.69, 9.17) is 9.15 Å². The van der Waals surface area contributed by atoms with Gasteiger partial charge in [-0.05, 0) is 44.2 Å². The molecule has 1 aliphatic rings. The molecule has 0 radical (unpaired) electrons. The average Bonchev–Trinajstić information content (AvgIpc) is 2.95. The second kappa shape index (κ2) is 4.74. The second-order valence-electron chi connectivity index (χ2n) is 5.15. The Morgan fingerprint density at radius 1 is 1.32 bits per heavy atom. The highest BCUT2D eigenvalue weighted by atomic mass is 16.5. The lowest BCUT2D eigenvalue weighted by molar-refractivity contribution is 0.254. The van der Waals surface area contributed by atoms with Gasteiger partial charge in [0.25, 0.3) is 0 Å². The van der Waals surface area contributed by atoms with Crippen LogP contribution in [-0.4, -0.2) is 13.2 Å². The summed E-state index contributed by atoms with van der Waals surface area (Å²) >= 11 is 0. The number of hydrogen-bond acceptors (Lipinski definition) is 3. The molecule has 1 aromatic heterocycles. The molecule has 2 atom stereocenters. The standard InChI is InChI=1S/C16H19NO2/c1-10-8-13-9-12(4-5-15(13)19-10)16(17-3)14-6-7-18-11(14)2/h4-7,9-10,16-17H,8H2,1-3H3. The highest BCUT2D eigenvalue weighted by Gasteiger charge is 2.22. The molecular weight excluding hydrogens is 238 g/mol. The fraction of sp³-hybridized carbons (Fsp3) is 0.375. The zero-order valence-corrected chi connectivity index (χ0v) is 11.6. The lowest BCUT2D eigenvalue weighted by Gasteiger charge is -2.17. The van der Waals surface area contributed by atoms with Gasteiger partial charge in [0, 0.05) is 12.0 Å². The monoisotopic (exact) mass is 257 g/mol. The fourth-order valence-electron chi connectivity index (χ4n) is 2.82. The molecule has 19 heavy (non-hydrogen) atoms. The number of rotatable bonds is 3. The van der Waals surface area contributed by atoms with Gasteiger partial charge in [0.1, 0.15) is 17.6 Å². The molecule has 0 fully saturated rings. The van der Waals surface area contributed by atoms with Crippen molar-refractivity contribution < 1.29 is 9.15 Å². The molecule has 0 aliphatic carbocycles. The smallest absolute Gasteiger partial charge is 0.123 e. The number of fused-ring (bicyclic) bond motifs is 1. The van der Waals surface area contributed by atoms with Gasteiger partial charge < -0.3 is 14.5 Å². The van der Waals surface area contributed by atoms with E-state index in [0.29, 0.717) is 0 Å². The Balaban J connectivity index is 1.97. The van der Waals surface area contributed by atoms with Crippen LogP contribution in [0.1, 0.15) is 35.4 Å². The van der Waals surface area contributed by atoms with Crippen molar-refractivity contribution >= 4 is 0 Å². The Bertz CT molecular complexity index is 588. The summed E-state index contributed by atoms with van der Waals surface area (Å²) in [6.45, 7) is 4.10. The largest absolute Gasteiger partial charge is 0.490 e. The molecular formula is C16H19NO2. The van der Waals surface area contributed by atoms with Crippen LogP contribution in [0.3, 0.4) is 0 Å². The van der Waals surface area contributed by atoms with Crippen LogP contribution in [0.15, 0.2) is 34.9 Å². The molecule has 0 bridgehead atoms. The van der Waals surface area contributed by atoms with E-state index in [1.807, 2.05) is 20.0 Å². The van der Waals surface area contributed by atoms with Crippen LogP contribution < -0.4 is 10.1 Å². The van der Waals surface area contributed by atoms with Gasteiger partial charge in [0.15, 0.2) is 0 Å². The van der Waals surface area contributed by atoms with E-state index in [9.17, 15) is 0 Å². The van der Waals surface area contributed by atoms with E-state index >= 15 is 0 Å². The minimum atomic E-state index is 0.167. The molecule has 2 aromatic rings. The summed E-state index contributed by atoms with van der Waals surface area (Å²) < 4.78 is 11.2. The van der Waals surface area contributed by atoms with Crippen molar-refractivity contribution in [2.24, 2.45) is 0 Å². The summed E-state index contributed by atoms with van der Waals surface area (Å²) in [6.07, 6.45) is 3.02. The van der Waals surface area contributed by atoms with Crippen molar-refractivity contribution in [3.63, 3.8) is 0 Å². The lowest BCUT2D eigenvalue weighted by atomic mass is 9.96. The molecule has 2 unspecified atom stereocenters. The number of benzene rings is 1. The van der Waals surface area contributed by atoms with Crippen LogP contribution in [0.25, 0.3) is 0 Å². The quantitative estimate of drug-likeness (QED) is 0.916. The molecule has 0 saturated heterocycles. The molecule has 1 N–H and O–H groups in total. The number of hydrogen-bond donors (Lipinski definition) is 1. The number of ether oxygens (including phenoxy) is 1. The maximum absolute atomic E-state index is 5.75. The van der Waals surface area contributed by atoms with Crippen LogP contribution in [0.2, 0.25) is 0 Å². The third-order valence-corrected chi connectivity index (χ3v) is 3.75. The summed E-state index contributed by atoms with van der Waals surface area (Å²) in [6, 6.07) is 8.65. The van der Waals surface area contributed by atoms with Gasteiger partial charge in [-0.3, -0.25) is 0 Å². The normalized spacial score (nSPS) is 19.0. The van der Waals surface area contributed by atoms with Gasteiger partial charge in [-0.15, -0.1) is 0 Å². The highest BCUT2D eigenvalue weighted by molar-refractivity contribution is 5.44. The maximum Gasteiger partial charge on any atom is 0.123 e. The van der Waals surface area contributed by atoms with Crippen LogP contribution in [0.4, 0.5) is 0 Å². The van der Waals surface area contributed by atoms with Crippen molar-refractivity contribution in [3.05, 3.63) is 53.0 Å².